The maximum Gasteiger partial charge on any atom is 0.323 e. The van der Waals surface area contributed by atoms with Crippen molar-refractivity contribution in [1.82, 2.24) is 9.38 Å². The van der Waals surface area contributed by atoms with Crippen molar-refractivity contribution in [1.29, 1.82) is 0 Å². The van der Waals surface area contributed by atoms with E-state index in [9.17, 15) is 4.79 Å². The minimum absolute atomic E-state index is 0.263. The van der Waals surface area contributed by atoms with Crippen LogP contribution in [0.25, 0.3) is 16.9 Å². The number of rotatable bonds is 3. The van der Waals surface area contributed by atoms with Gasteiger partial charge in [-0.25, -0.2) is 9.78 Å². The first-order valence-electron chi connectivity index (χ1n) is 9.18. The molecule has 0 radical (unpaired) electrons. The van der Waals surface area contributed by atoms with Gasteiger partial charge in [0.05, 0.1) is 5.69 Å². The molecule has 2 heterocycles. The van der Waals surface area contributed by atoms with E-state index in [0.29, 0.717) is 0 Å². The number of nitrogens with one attached hydrogen (secondary N) is 2. The van der Waals surface area contributed by atoms with Gasteiger partial charge in [0.2, 0.25) is 0 Å². The lowest BCUT2D eigenvalue weighted by Gasteiger charge is -2.09. The second kappa shape index (κ2) is 7.19. The highest BCUT2D eigenvalue weighted by Gasteiger charge is 2.07. The van der Waals surface area contributed by atoms with E-state index in [0.717, 1.165) is 39.4 Å². The molecule has 0 spiro atoms. The summed E-state index contributed by atoms with van der Waals surface area (Å²) in [6.45, 7) is 6.07. The van der Waals surface area contributed by atoms with E-state index in [4.69, 9.17) is 0 Å². The smallest absolute Gasteiger partial charge is 0.308 e. The lowest BCUT2D eigenvalue weighted by Crippen LogP contribution is -2.19. The third-order valence-corrected chi connectivity index (χ3v) is 4.53. The van der Waals surface area contributed by atoms with Crippen LogP contribution in [0.2, 0.25) is 0 Å². The van der Waals surface area contributed by atoms with Gasteiger partial charge in [0, 0.05) is 29.3 Å². The monoisotopic (exact) mass is 370 g/mol. The molecule has 2 N–H and O–H groups in total. The molecule has 0 saturated heterocycles. The molecule has 0 saturated carbocycles. The van der Waals surface area contributed by atoms with Crippen molar-refractivity contribution in [3.8, 4) is 11.3 Å². The van der Waals surface area contributed by atoms with Crippen LogP contribution in [0, 0.1) is 20.8 Å². The van der Waals surface area contributed by atoms with Crippen LogP contribution in [0.4, 0.5) is 16.2 Å². The van der Waals surface area contributed by atoms with Gasteiger partial charge in [0.15, 0.2) is 0 Å². The number of aryl methyl sites for hydroxylation is 3. The molecule has 4 aromatic rings. The minimum atomic E-state index is -0.263. The van der Waals surface area contributed by atoms with Crippen LogP contribution in [0.1, 0.15) is 16.7 Å². The summed E-state index contributed by atoms with van der Waals surface area (Å²) >= 11 is 0. The molecule has 5 nitrogen and oxygen atoms in total. The van der Waals surface area contributed by atoms with Crippen LogP contribution in [0.3, 0.4) is 0 Å². The summed E-state index contributed by atoms with van der Waals surface area (Å²) in [6, 6.07) is 17.5. The molecule has 0 aliphatic rings. The first-order chi connectivity index (χ1) is 13.5. The topological polar surface area (TPSA) is 58.4 Å². The van der Waals surface area contributed by atoms with Gasteiger partial charge < -0.3 is 15.0 Å². The SMILES string of the molecule is Cc1cc(C)cc(NC(=O)Nc2ccc(-c3cn4ccc(C)cc4n3)cc2)c1. The van der Waals surface area contributed by atoms with E-state index in [1.165, 1.54) is 5.56 Å². The summed E-state index contributed by atoms with van der Waals surface area (Å²) in [5.41, 5.74) is 7.74. The maximum atomic E-state index is 12.3. The van der Waals surface area contributed by atoms with Crippen molar-refractivity contribution in [3.63, 3.8) is 0 Å². The van der Waals surface area contributed by atoms with Crippen LogP contribution in [0.15, 0.2) is 67.0 Å². The minimum Gasteiger partial charge on any atom is -0.308 e. The fraction of sp³-hybridized carbons (Fsp3) is 0.130. The van der Waals surface area contributed by atoms with Gasteiger partial charge in [-0.3, -0.25) is 0 Å². The first kappa shape index (κ1) is 17.8. The number of benzene rings is 2. The summed E-state index contributed by atoms with van der Waals surface area (Å²) in [5, 5.41) is 5.74. The third kappa shape index (κ3) is 3.88. The molecule has 28 heavy (non-hydrogen) atoms. The third-order valence-electron chi connectivity index (χ3n) is 4.53. The number of hydrogen-bond acceptors (Lipinski definition) is 2. The number of pyridine rings is 1. The molecule has 140 valence electrons. The largest absolute Gasteiger partial charge is 0.323 e. The van der Waals surface area contributed by atoms with Gasteiger partial charge in [0.25, 0.3) is 0 Å². The van der Waals surface area contributed by atoms with Crippen molar-refractivity contribution in [2.75, 3.05) is 10.6 Å². The number of carbonyl (C=O) groups is 1. The highest BCUT2D eigenvalue weighted by Crippen LogP contribution is 2.22. The Labute approximate surface area is 164 Å². The molecular formula is C23H22N4O. The number of amides is 2. The van der Waals surface area contributed by atoms with Gasteiger partial charge in [-0.1, -0.05) is 18.2 Å². The Kier molecular flexibility index (Phi) is 4.57. The standard InChI is InChI=1S/C23H22N4O/c1-15-8-9-27-14-21(26-22(27)13-15)18-4-6-19(7-5-18)24-23(28)25-20-11-16(2)10-17(3)12-20/h4-14H,1-3H3,(H2,24,25,28). The number of imidazole rings is 1. The normalized spacial score (nSPS) is 10.8. The Balaban J connectivity index is 1.47. The van der Waals surface area contributed by atoms with E-state index in [2.05, 4.69) is 40.7 Å². The molecule has 0 unspecified atom stereocenters. The molecule has 0 bridgehead atoms. The lowest BCUT2D eigenvalue weighted by molar-refractivity contribution is 0.262. The number of fused-ring (bicyclic) bond motifs is 1. The second-order valence-electron chi connectivity index (χ2n) is 7.13. The summed E-state index contributed by atoms with van der Waals surface area (Å²) in [7, 11) is 0. The highest BCUT2D eigenvalue weighted by molar-refractivity contribution is 6.00. The first-order valence-corrected chi connectivity index (χ1v) is 9.18. The quantitative estimate of drug-likeness (QED) is 0.495. The Morgan fingerprint density at radius 2 is 1.50 bits per heavy atom. The zero-order chi connectivity index (χ0) is 19.7. The van der Waals surface area contributed by atoms with Gasteiger partial charge >= 0.3 is 6.03 Å². The molecule has 2 aromatic carbocycles. The summed E-state index contributed by atoms with van der Waals surface area (Å²) < 4.78 is 2.01. The van der Waals surface area contributed by atoms with E-state index in [-0.39, 0.29) is 6.03 Å². The van der Waals surface area contributed by atoms with Crippen LogP contribution in [-0.4, -0.2) is 15.4 Å². The fourth-order valence-corrected chi connectivity index (χ4v) is 3.29. The number of carbonyl (C=O) groups excluding carboxylic acids is 1. The Bertz CT molecular complexity index is 1140. The van der Waals surface area contributed by atoms with E-state index >= 15 is 0 Å². The number of nitrogens with zero attached hydrogens (tertiary/aromatic N) is 2. The van der Waals surface area contributed by atoms with Crippen LogP contribution in [0.5, 0.6) is 0 Å². The fourth-order valence-electron chi connectivity index (χ4n) is 3.29. The van der Waals surface area contributed by atoms with Crippen LogP contribution < -0.4 is 10.6 Å². The number of urea groups is 1. The predicted molar refractivity (Wildman–Crippen MR) is 114 cm³/mol. The van der Waals surface area contributed by atoms with Gasteiger partial charge in [-0.05, 0) is 73.9 Å². The Morgan fingerprint density at radius 3 is 2.21 bits per heavy atom. The summed E-state index contributed by atoms with van der Waals surface area (Å²) in [6.07, 6.45) is 4.01. The molecule has 0 fully saturated rings. The molecule has 2 amide bonds. The van der Waals surface area contributed by atoms with E-state index < -0.39 is 0 Å². The molecule has 0 aliphatic carbocycles. The predicted octanol–water partition coefficient (Wildman–Crippen LogP) is 5.57. The van der Waals surface area contributed by atoms with Gasteiger partial charge in [0.1, 0.15) is 5.65 Å². The Morgan fingerprint density at radius 1 is 0.821 bits per heavy atom. The number of anilines is 2. The summed E-state index contributed by atoms with van der Waals surface area (Å²) in [5.74, 6) is 0. The zero-order valence-corrected chi connectivity index (χ0v) is 16.2. The number of aromatic nitrogens is 2. The van der Waals surface area contributed by atoms with Gasteiger partial charge in [-0.15, -0.1) is 0 Å². The van der Waals surface area contributed by atoms with E-state index in [1.807, 2.05) is 67.0 Å². The van der Waals surface area contributed by atoms with Gasteiger partial charge in [-0.2, -0.15) is 0 Å². The molecule has 0 atom stereocenters. The van der Waals surface area contributed by atoms with Crippen molar-refractivity contribution >= 4 is 23.1 Å². The second-order valence-corrected chi connectivity index (χ2v) is 7.13. The summed E-state index contributed by atoms with van der Waals surface area (Å²) in [4.78, 5) is 16.9. The maximum absolute atomic E-state index is 12.3. The average molecular weight is 370 g/mol. The average Bonchev–Trinajstić information content (AvgIpc) is 3.04. The molecule has 2 aromatic heterocycles. The zero-order valence-electron chi connectivity index (χ0n) is 16.2. The van der Waals surface area contributed by atoms with Crippen LogP contribution >= 0.6 is 0 Å². The molecular weight excluding hydrogens is 348 g/mol. The highest BCUT2D eigenvalue weighted by atomic mass is 16.2. The van der Waals surface area contributed by atoms with Crippen molar-refractivity contribution in [3.05, 3.63) is 83.7 Å². The van der Waals surface area contributed by atoms with Crippen LogP contribution in [-0.2, 0) is 0 Å². The molecule has 5 heteroatoms. The Hall–Kier alpha value is -3.60. The molecule has 0 aliphatic heterocycles. The number of hydrogen-bond donors (Lipinski definition) is 2. The lowest BCUT2D eigenvalue weighted by atomic mass is 10.1. The van der Waals surface area contributed by atoms with E-state index in [1.54, 1.807) is 0 Å². The van der Waals surface area contributed by atoms with Crippen molar-refractivity contribution in [2.24, 2.45) is 0 Å². The molecule has 4 rings (SSSR count). The van der Waals surface area contributed by atoms with Crippen molar-refractivity contribution < 1.29 is 4.79 Å². The van der Waals surface area contributed by atoms with Crippen molar-refractivity contribution in [2.45, 2.75) is 20.8 Å².